The lowest BCUT2D eigenvalue weighted by atomic mass is 10.0. The van der Waals surface area contributed by atoms with Gasteiger partial charge < -0.3 is 9.73 Å². The van der Waals surface area contributed by atoms with E-state index in [0.717, 1.165) is 26.1 Å². The van der Waals surface area contributed by atoms with Gasteiger partial charge in [-0.3, -0.25) is 4.90 Å². The monoisotopic (exact) mass is 258 g/mol. The second-order valence-corrected chi connectivity index (χ2v) is 4.93. The third-order valence-electron chi connectivity index (χ3n) is 3.24. The highest BCUT2D eigenvalue weighted by Gasteiger charge is 2.06. The Balaban J connectivity index is 1.97. The molecule has 3 heteroatoms. The number of benzene rings is 1. The molecule has 0 saturated heterocycles. The highest BCUT2D eigenvalue weighted by molar-refractivity contribution is 5.27. The van der Waals surface area contributed by atoms with Crippen LogP contribution in [0.4, 0.5) is 0 Å². The van der Waals surface area contributed by atoms with Crippen molar-refractivity contribution in [3.63, 3.8) is 0 Å². The molecule has 1 aromatic carbocycles. The van der Waals surface area contributed by atoms with Crippen LogP contribution < -0.4 is 5.32 Å². The van der Waals surface area contributed by atoms with Crippen LogP contribution in [0.15, 0.2) is 47.3 Å². The van der Waals surface area contributed by atoms with Gasteiger partial charge in [-0.05, 0) is 44.3 Å². The van der Waals surface area contributed by atoms with Crippen LogP contribution in [0.5, 0.6) is 0 Å². The maximum absolute atomic E-state index is 5.11. The minimum absolute atomic E-state index is 0.914. The Morgan fingerprint density at radius 3 is 2.58 bits per heavy atom. The molecule has 0 unspecified atom stereocenters. The highest BCUT2D eigenvalue weighted by atomic mass is 16.3. The molecule has 0 radical (unpaired) electrons. The standard InChI is InChI=1S/C16H22N2O/c1-17-9-7-15-5-3-4-6-16(15)12-18(2)11-14-8-10-19-13-14/h3-6,8,10,13,17H,7,9,11-12H2,1-2H3. The van der Waals surface area contributed by atoms with Gasteiger partial charge >= 0.3 is 0 Å². The van der Waals surface area contributed by atoms with Gasteiger partial charge in [0.1, 0.15) is 0 Å². The van der Waals surface area contributed by atoms with Gasteiger partial charge in [0.2, 0.25) is 0 Å². The smallest absolute Gasteiger partial charge is 0.0947 e. The average Bonchev–Trinajstić information content (AvgIpc) is 2.90. The predicted octanol–water partition coefficient (Wildman–Crippen LogP) is 2.67. The summed E-state index contributed by atoms with van der Waals surface area (Å²) in [6.07, 6.45) is 4.61. The molecule has 0 saturated carbocycles. The summed E-state index contributed by atoms with van der Waals surface area (Å²) < 4.78 is 5.11. The van der Waals surface area contributed by atoms with Gasteiger partial charge in [0.05, 0.1) is 12.5 Å². The molecule has 1 N–H and O–H groups in total. The topological polar surface area (TPSA) is 28.4 Å². The molecule has 0 aliphatic heterocycles. The van der Waals surface area contributed by atoms with Crippen molar-refractivity contribution in [3.8, 4) is 0 Å². The Morgan fingerprint density at radius 2 is 1.89 bits per heavy atom. The fourth-order valence-corrected chi connectivity index (χ4v) is 2.26. The average molecular weight is 258 g/mol. The number of hydrogen-bond acceptors (Lipinski definition) is 3. The van der Waals surface area contributed by atoms with E-state index in [1.54, 1.807) is 6.26 Å². The summed E-state index contributed by atoms with van der Waals surface area (Å²) in [5, 5.41) is 3.21. The van der Waals surface area contributed by atoms with Crippen molar-refractivity contribution in [2.24, 2.45) is 0 Å². The molecular formula is C16H22N2O. The number of likely N-dealkylation sites (N-methyl/N-ethyl adjacent to an activating group) is 1. The molecule has 0 atom stereocenters. The van der Waals surface area contributed by atoms with Crippen LogP contribution in [0.25, 0.3) is 0 Å². The fraction of sp³-hybridized carbons (Fsp3) is 0.375. The number of nitrogens with zero attached hydrogens (tertiary/aromatic N) is 1. The molecule has 2 aromatic rings. The Morgan fingerprint density at radius 1 is 1.11 bits per heavy atom. The van der Waals surface area contributed by atoms with E-state index in [1.165, 1.54) is 16.7 Å². The first-order valence-electron chi connectivity index (χ1n) is 6.70. The summed E-state index contributed by atoms with van der Waals surface area (Å²) in [6.45, 7) is 2.89. The number of nitrogens with one attached hydrogen (secondary N) is 1. The van der Waals surface area contributed by atoms with Gasteiger partial charge in [-0.2, -0.15) is 0 Å². The lowest BCUT2D eigenvalue weighted by molar-refractivity contribution is 0.317. The zero-order chi connectivity index (χ0) is 13.5. The molecular weight excluding hydrogens is 236 g/mol. The Labute approximate surface area is 115 Å². The van der Waals surface area contributed by atoms with Crippen LogP contribution in [0.1, 0.15) is 16.7 Å². The number of hydrogen-bond donors (Lipinski definition) is 1. The van der Waals surface area contributed by atoms with E-state index in [2.05, 4.69) is 41.5 Å². The van der Waals surface area contributed by atoms with E-state index < -0.39 is 0 Å². The van der Waals surface area contributed by atoms with Crippen LogP contribution in [-0.4, -0.2) is 25.5 Å². The lowest BCUT2D eigenvalue weighted by Crippen LogP contribution is -2.19. The van der Waals surface area contributed by atoms with Gasteiger partial charge in [-0.1, -0.05) is 24.3 Å². The molecule has 0 spiro atoms. The zero-order valence-electron chi connectivity index (χ0n) is 11.7. The van der Waals surface area contributed by atoms with Crippen LogP contribution in [0.2, 0.25) is 0 Å². The predicted molar refractivity (Wildman–Crippen MR) is 78.0 cm³/mol. The van der Waals surface area contributed by atoms with Crippen LogP contribution in [0.3, 0.4) is 0 Å². The van der Waals surface area contributed by atoms with E-state index in [0.29, 0.717) is 0 Å². The van der Waals surface area contributed by atoms with E-state index in [-0.39, 0.29) is 0 Å². The molecule has 2 rings (SSSR count). The lowest BCUT2D eigenvalue weighted by Gasteiger charge is -2.18. The highest BCUT2D eigenvalue weighted by Crippen LogP contribution is 2.13. The molecule has 1 heterocycles. The van der Waals surface area contributed by atoms with Crippen molar-refractivity contribution < 1.29 is 4.42 Å². The second-order valence-electron chi connectivity index (χ2n) is 4.93. The summed E-state index contributed by atoms with van der Waals surface area (Å²) in [7, 11) is 4.13. The van der Waals surface area contributed by atoms with Gasteiger partial charge in [-0.25, -0.2) is 0 Å². The molecule has 3 nitrogen and oxygen atoms in total. The molecule has 0 aliphatic carbocycles. The van der Waals surface area contributed by atoms with Gasteiger partial charge in [-0.15, -0.1) is 0 Å². The van der Waals surface area contributed by atoms with Crippen molar-refractivity contribution in [2.45, 2.75) is 19.5 Å². The van der Waals surface area contributed by atoms with E-state index in [4.69, 9.17) is 4.42 Å². The molecule has 0 aliphatic rings. The molecule has 19 heavy (non-hydrogen) atoms. The minimum atomic E-state index is 0.914. The van der Waals surface area contributed by atoms with Crippen LogP contribution in [-0.2, 0) is 19.5 Å². The second kappa shape index (κ2) is 7.12. The molecule has 0 amide bonds. The van der Waals surface area contributed by atoms with Crippen molar-refractivity contribution in [1.82, 2.24) is 10.2 Å². The fourth-order valence-electron chi connectivity index (χ4n) is 2.26. The number of rotatable bonds is 7. The molecule has 0 bridgehead atoms. The van der Waals surface area contributed by atoms with Crippen molar-refractivity contribution in [1.29, 1.82) is 0 Å². The summed E-state index contributed by atoms with van der Waals surface area (Å²) in [6, 6.07) is 10.7. The Kier molecular flexibility index (Phi) is 5.19. The van der Waals surface area contributed by atoms with E-state index in [1.807, 2.05) is 19.4 Å². The summed E-state index contributed by atoms with van der Waals surface area (Å²) in [5.41, 5.74) is 4.05. The van der Waals surface area contributed by atoms with Gasteiger partial charge in [0.15, 0.2) is 0 Å². The quantitative estimate of drug-likeness (QED) is 0.827. The first kappa shape index (κ1) is 13.8. The van der Waals surface area contributed by atoms with Crippen molar-refractivity contribution in [2.75, 3.05) is 20.6 Å². The Bertz CT molecular complexity index is 479. The third-order valence-corrected chi connectivity index (χ3v) is 3.24. The molecule has 1 aromatic heterocycles. The first-order chi connectivity index (χ1) is 9.29. The largest absolute Gasteiger partial charge is 0.472 e. The maximum Gasteiger partial charge on any atom is 0.0947 e. The third kappa shape index (κ3) is 4.23. The minimum Gasteiger partial charge on any atom is -0.472 e. The SMILES string of the molecule is CNCCc1ccccc1CN(C)Cc1ccoc1. The number of furan rings is 1. The first-order valence-corrected chi connectivity index (χ1v) is 6.70. The van der Waals surface area contributed by atoms with Crippen LogP contribution in [0, 0.1) is 0 Å². The van der Waals surface area contributed by atoms with E-state index in [9.17, 15) is 0 Å². The summed E-state index contributed by atoms with van der Waals surface area (Å²) in [5.74, 6) is 0. The van der Waals surface area contributed by atoms with E-state index >= 15 is 0 Å². The van der Waals surface area contributed by atoms with Crippen LogP contribution >= 0.6 is 0 Å². The molecule has 0 fully saturated rings. The summed E-state index contributed by atoms with van der Waals surface area (Å²) in [4.78, 5) is 2.31. The van der Waals surface area contributed by atoms with Crippen molar-refractivity contribution >= 4 is 0 Å². The van der Waals surface area contributed by atoms with Gasteiger partial charge in [0, 0.05) is 18.7 Å². The maximum atomic E-state index is 5.11. The zero-order valence-corrected chi connectivity index (χ0v) is 11.7. The van der Waals surface area contributed by atoms with Gasteiger partial charge in [0.25, 0.3) is 0 Å². The van der Waals surface area contributed by atoms with Crippen molar-refractivity contribution in [3.05, 3.63) is 59.5 Å². The molecule has 102 valence electrons. The Hall–Kier alpha value is -1.58. The normalized spacial score (nSPS) is 11.1. The summed E-state index contributed by atoms with van der Waals surface area (Å²) >= 11 is 0.